The molecule has 1 fully saturated rings. The Labute approximate surface area is 118 Å². The van der Waals surface area contributed by atoms with Crippen molar-refractivity contribution in [3.05, 3.63) is 39.9 Å². The molecule has 0 bridgehead atoms. The third-order valence-corrected chi connectivity index (χ3v) is 3.73. The molecule has 0 unspecified atom stereocenters. The molecule has 0 spiro atoms. The lowest BCUT2D eigenvalue weighted by atomic mass is 9.87. The van der Waals surface area contributed by atoms with Gasteiger partial charge in [0.2, 0.25) is 0 Å². The molecular formula is C15H19NO4. The van der Waals surface area contributed by atoms with Crippen molar-refractivity contribution < 1.29 is 14.5 Å². The third kappa shape index (κ3) is 4.33. The van der Waals surface area contributed by atoms with Gasteiger partial charge in [0, 0.05) is 18.6 Å². The van der Waals surface area contributed by atoms with Gasteiger partial charge in [0.25, 0.3) is 5.69 Å². The highest BCUT2D eigenvalue weighted by Gasteiger charge is 2.17. The predicted octanol–water partition coefficient (Wildman–Crippen LogP) is 3.61. The number of carbonyl (C=O) groups is 1. The molecule has 108 valence electrons. The standard InChI is InChI=1S/C15H19NO4/c17-15(10-12-4-2-1-3-5-12)20-11-13-6-8-14(9-7-13)16(18)19/h6-9,12H,1-5,10-11H2. The van der Waals surface area contributed by atoms with E-state index in [1.54, 1.807) is 12.1 Å². The molecule has 0 heterocycles. The predicted molar refractivity (Wildman–Crippen MR) is 74.1 cm³/mol. The highest BCUT2D eigenvalue weighted by atomic mass is 16.6. The fraction of sp³-hybridized carbons (Fsp3) is 0.533. The van der Waals surface area contributed by atoms with Gasteiger partial charge in [0.1, 0.15) is 6.61 Å². The van der Waals surface area contributed by atoms with Gasteiger partial charge >= 0.3 is 5.97 Å². The second-order valence-electron chi connectivity index (χ2n) is 5.29. The maximum Gasteiger partial charge on any atom is 0.306 e. The average molecular weight is 277 g/mol. The summed E-state index contributed by atoms with van der Waals surface area (Å²) in [6.07, 6.45) is 6.42. The lowest BCUT2D eigenvalue weighted by Gasteiger charge is -2.20. The smallest absolute Gasteiger partial charge is 0.306 e. The number of rotatable bonds is 5. The molecule has 1 saturated carbocycles. The Bertz CT molecular complexity index is 463. The first-order valence-corrected chi connectivity index (χ1v) is 7.04. The number of esters is 1. The Balaban J connectivity index is 1.76. The van der Waals surface area contributed by atoms with Crippen LogP contribution in [0.4, 0.5) is 5.69 Å². The number of carbonyl (C=O) groups excluding carboxylic acids is 1. The average Bonchev–Trinajstić information content (AvgIpc) is 2.46. The van der Waals surface area contributed by atoms with E-state index in [0.717, 1.165) is 18.4 Å². The summed E-state index contributed by atoms with van der Waals surface area (Å²) in [5.41, 5.74) is 0.815. The van der Waals surface area contributed by atoms with Gasteiger partial charge in [-0.25, -0.2) is 0 Å². The minimum Gasteiger partial charge on any atom is -0.461 e. The zero-order chi connectivity index (χ0) is 14.4. The number of nitro benzene ring substituents is 1. The van der Waals surface area contributed by atoms with Gasteiger partial charge in [0.15, 0.2) is 0 Å². The molecule has 1 aliphatic rings. The fourth-order valence-corrected chi connectivity index (χ4v) is 2.56. The van der Waals surface area contributed by atoms with Gasteiger partial charge in [-0.1, -0.05) is 19.3 Å². The molecule has 0 aromatic heterocycles. The Morgan fingerprint density at radius 1 is 1.20 bits per heavy atom. The van der Waals surface area contributed by atoms with E-state index < -0.39 is 4.92 Å². The monoisotopic (exact) mass is 277 g/mol. The maximum atomic E-state index is 11.7. The van der Waals surface area contributed by atoms with Crippen LogP contribution in [0.3, 0.4) is 0 Å². The van der Waals surface area contributed by atoms with Crippen LogP contribution in [0.25, 0.3) is 0 Å². The molecule has 2 rings (SSSR count). The molecule has 1 aliphatic carbocycles. The summed E-state index contributed by atoms with van der Waals surface area (Å²) in [5, 5.41) is 10.5. The van der Waals surface area contributed by atoms with E-state index in [-0.39, 0.29) is 18.3 Å². The van der Waals surface area contributed by atoms with Crippen molar-refractivity contribution in [3.8, 4) is 0 Å². The minimum absolute atomic E-state index is 0.0438. The number of hydrogen-bond acceptors (Lipinski definition) is 4. The van der Waals surface area contributed by atoms with Crippen molar-refractivity contribution >= 4 is 11.7 Å². The Kier molecular flexibility index (Phi) is 5.09. The molecule has 5 nitrogen and oxygen atoms in total. The van der Waals surface area contributed by atoms with E-state index in [1.165, 1.54) is 31.4 Å². The van der Waals surface area contributed by atoms with E-state index in [2.05, 4.69) is 0 Å². The number of nitrogens with zero attached hydrogens (tertiary/aromatic N) is 1. The first kappa shape index (κ1) is 14.5. The second kappa shape index (κ2) is 7.03. The molecule has 1 aromatic carbocycles. The number of non-ortho nitro benzene ring substituents is 1. The van der Waals surface area contributed by atoms with Crippen LogP contribution in [-0.4, -0.2) is 10.9 Å². The van der Waals surface area contributed by atoms with Crippen LogP contribution >= 0.6 is 0 Å². The van der Waals surface area contributed by atoms with E-state index in [4.69, 9.17) is 4.74 Å². The summed E-state index contributed by atoms with van der Waals surface area (Å²) >= 11 is 0. The summed E-state index contributed by atoms with van der Waals surface area (Å²) in [6, 6.07) is 6.08. The lowest BCUT2D eigenvalue weighted by molar-refractivity contribution is -0.384. The molecule has 0 aliphatic heterocycles. The summed E-state index contributed by atoms with van der Waals surface area (Å²) < 4.78 is 5.22. The quantitative estimate of drug-likeness (QED) is 0.468. The van der Waals surface area contributed by atoms with Crippen molar-refractivity contribution in [1.82, 2.24) is 0 Å². The SMILES string of the molecule is O=C(CC1CCCCC1)OCc1ccc([N+](=O)[O-])cc1. The van der Waals surface area contributed by atoms with Crippen LogP contribution in [0.2, 0.25) is 0 Å². The number of hydrogen-bond donors (Lipinski definition) is 0. The van der Waals surface area contributed by atoms with Crippen molar-refractivity contribution in [1.29, 1.82) is 0 Å². The number of ether oxygens (including phenoxy) is 1. The molecule has 0 saturated heterocycles. The molecular weight excluding hydrogens is 258 g/mol. The first-order chi connectivity index (χ1) is 9.65. The van der Waals surface area contributed by atoms with Gasteiger partial charge in [-0.3, -0.25) is 14.9 Å². The highest BCUT2D eigenvalue weighted by Crippen LogP contribution is 2.26. The zero-order valence-corrected chi connectivity index (χ0v) is 11.4. The third-order valence-electron chi connectivity index (χ3n) is 3.73. The molecule has 0 radical (unpaired) electrons. The molecule has 0 atom stereocenters. The highest BCUT2D eigenvalue weighted by molar-refractivity contribution is 5.69. The maximum absolute atomic E-state index is 11.7. The molecule has 0 N–H and O–H groups in total. The summed E-state index contributed by atoms with van der Waals surface area (Å²) in [7, 11) is 0. The molecule has 20 heavy (non-hydrogen) atoms. The fourth-order valence-electron chi connectivity index (χ4n) is 2.56. The Morgan fingerprint density at radius 2 is 1.85 bits per heavy atom. The van der Waals surface area contributed by atoms with Gasteiger partial charge in [-0.05, 0) is 36.5 Å². The summed E-state index contributed by atoms with van der Waals surface area (Å²) in [4.78, 5) is 21.8. The molecule has 0 amide bonds. The van der Waals surface area contributed by atoms with Gasteiger partial charge in [0.05, 0.1) is 4.92 Å². The van der Waals surface area contributed by atoms with Crippen molar-refractivity contribution in [2.45, 2.75) is 45.1 Å². The van der Waals surface area contributed by atoms with Gasteiger partial charge < -0.3 is 4.74 Å². The van der Waals surface area contributed by atoms with Crippen LogP contribution < -0.4 is 0 Å². The largest absolute Gasteiger partial charge is 0.461 e. The van der Waals surface area contributed by atoms with Crippen LogP contribution in [0.15, 0.2) is 24.3 Å². The Hall–Kier alpha value is -1.91. The van der Waals surface area contributed by atoms with Crippen LogP contribution in [-0.2, 0) is 16.1 Å². The first-order valence-electron chi connectivity index (χ1n) is 7.04. The normalized spacial score (nSPS) is 15.8. The van der Waals surface area contributed by atoms with Crippen molar-refractivity contribution in [2.24, 2.45) is 5.92 Å². The van der Waals surface area contributed by atoms with Crippen LogP contribution in [0, 0.1) is 16.0 Å². The Morgan fingerprint density at radius 3 is 2.45 bits per heavy atom. The van der Waals surface area contributed by atoms with Crippen LogP contribution in [0.1, 0.15) is 44.1 Å². The van der Waals surface area contributed by atoms with E-state index in [1.807, 2.05) is 0 Å². The van der Waals surface area contributed by atoms with Crippen molar-refractivity contribution in [2.75, 3.05) is 0 Å². The summed E-state index contributed by atoms with van der Waals surface area (Å²) in [6.45, 7) is 0.184. The molecule has 5 heteroatoms. The zero-order valence-electron chi connectivity index (χ0n) is 11.4. The van der Waals surface area contributed by atoms with Crippen LogP contribution in [0.5, 0.6) is 0 Å². The van der Waals surface area contributed by atoms with Gasteiger partial charge in [-0.2, -0.15) is 0 Å². The van der Waals surface area contributed by atoms with Crippen molar-refractivity contribution in [3.63, 3.8) is 0 Å². The number of nitro groups is 1. The topological polar surface area (TPSA) is 69.4 Å². The summed E-state index contributed by atoms with van der Waals surface area (Å²) in [5.74, 6) is 0.295. The second-order valence-corrected chi connectivity index (χ2v) is 5.29. The van der Waals surface area contributed by atoms with E-state index in [0.29, 0.717) is 12.3 Å². The van der Waals surface area contributed by atoms with Gasteiger partial charge in [-0.15, -0.1) is 0 Å². The van der Waals surface area contributed by atoms with E-state index in [9.17, 15) is 14.9 Å². The lowest BCUT2D eigenvalue weighted by Crippen LogP contribution is -2.14. The van der Waals surface area contributed by atoms with E-state index >= 15 is 0 Å². The minimum atomic E-state index is -0.446. The molecule has 1 aromatic rings. The number of benzene rings is 1.